The number of benzene rings is 2. The fourth-order valence-electron chi connectivity index (χ4n) is 4.68. The van der Waals surface area contributed by atoms with Gasteiger partial charge in [-0.05, 0) is 73.4 Å². The van der Waals surface area contributed by atoms with Crippen LogP contribution >= 0.6 is 11.6 Å². The largest absolute Gasteiger partial charge is 0.478 e. The van der Waals surface area contributed by atoms with Crippen LogP contribution in [0.1, 0.15) is 58.8 Å². The molecule has 1 aliphatic carbocycles. The van der Waals surface area contributed by atoms with Gasteiger partial charge >= 0.3 is 5.97 Å². The summed E-state index contributed by atoms with van der Waals surface area (Å²) in [5.41, 5.74) is 4.78. The summed E-state index contributed by atoms with van der Waals surface area (Å²) in [5, 5.41) is 19.5. The Bertz CT molecular complexity index is 869. The third-order valence-electron chi connectivity index (χ3n) is 6.16. The zero-order valence-electron chi connectivity index (χ0n) is 15.9. The van der Waals surface area contributed by atoms with Crippen molar-refractivity contribution in [3.8, 4) is 0 Å². The van der Waals surface area contributed by atoms with Gasteiger partial charge in [0.05, 0.1) is 17.0 Å². The van der Waals surface area contributed by atoms with E-state index in [1.807, 2.05) is 12.1 Å². The number of aliphatic hydroxyl groups is 1. The Kier molecular flexibility index (Phi) is 5.61. The van der Waals surface area contributed by atoms with Crippen molar-refractivity contribution in [3.63, 3.8) is 0 Å². The van der Waals surface area contributed by atoms with E-state index in [9.17, 15) is 15.0 Å². The summed E-state index contributed by atoms with van der Waals surface area (Å²) in [6.45, 7) is 0.936. The lowest BCUT2D eigenvalue weighted by Crippen LogP contribution is -2.33. The van der Waals surface area contributed by atoms with Crippen LogP contribution in [0, 0.1) is 0 Å². The first-order valence-electron chi connectivity index (χ1n) is 10.1. The monoisotopic (exact) mass is 399 g/mol. The third-order valence-corrected chi connectivity index (χ3v) is 6.67. The topological polar surface area (TPSA) is 60.8 Å². The van der Waals surface area contributed by atoms with Crippen molar-refractivity contribution in [1.82, 2.24) is 0 Å². The summed E-state index contributed by atoms with van der Waals surface area (Å²) in [6.07, 6.45) is 4.95. The first kappa shape index (κ1) is 19.3. The zero-order chi connectivity index (χ0) is 19.7. The molecule has 2 aliphatic rings. The van der Waals surface area contributed by atoms with E-state index in [0.717, 1.165) is 56.2 Å². The number of rotatable bonds is 6. The number of anilines is 1. The summed E-state index contributed by atoms with van der Waals surface area (Å²) >= 11 is 6.65. The second-order valence-corrected chi connectivity index (χ2v) is 8.42. The number of aryl methyl sites for hydroxylation is 2. The maximum atomic E-state index is 11.4. The van der Waals surface area contributed by atoms with Gasteiger partial charge in [0.25, 0.3) is 0 Å². The van der Waals surface area contributed by atoms with Crippen LogP contribution in [0.25, 0.3) is 0 Å². The molecular formula is C23H26ClNO3. The lowest BCUT2D eigenvalue weighted by atomic mass is 9.99. The molecule has 2 aromatic carbocycles. The van der Waals surface area contributed by atoms with Crippen molar-refractivity contribution in [2.24, 2.45) is 0 Å². The Labute approximate surface area is 170 Å². The van der Waals surface area contributed by atoms with Crippen molar-refractivity contribution in [2.45, 2.75) is 56.0 Å². The number of alkyl halides is 1. The molecule has 4 nitrogen and oxygen atoms in total. The van der Waals surface area contributed by atoms with Crippen LogP contribution in [0.5, 0.6) is 0 Å². The van der Waals surface area contributed by atoms with E-state index in [1.165, 1.54) is 11.3 Å². The molecule has 4 rings (SSSR count). The molecule has 1 heterocycles. The molecule has 1 aliphatic heterocycles. The molecule has 0 radical (unpaired) electrons. The first-order valence-corrected chi connectivity index (χ1v) is 10.5. The predicted molar refractivity (Wildman–Crippen MR) is 111 cm³/mol. The van der Waals surface area contributed by atoms with Gasteiger partial charge in [0.2, 0.25) is 0 Å². The number of aliphatic hydroxyl groups excluding tert-OH is 1. The predicted octanol–water partition coefficient (Wildman–Crippen LogP) is 4.57. The SMILES string of the molecule is O=C(O)c1ccccc1CCCC1C(Cl)CCN1c1ccc2c(c1)CCC2O. The molecule has 3 unspecified atom stereocenters. The first-order chi connectivity index (χ1) is 13.5. The van der Waals surface area contributed by atoms with Gasteiger partial charge in [-0.25, -0.2) is 4.79 Å². The smallest absolute Gasteiger partial charge is 0.335 e. The van der Waals surface area contributed by atoms with Gasteiger partial charge < -0.3 is 15.1 Å². The molecule has 28 heavy (non-hydrogen) atoms. The molecule has 148 valence electrons. The number of hydrogen-bond donors (Lipinski definition) is 2. The van der Waals surface area contributed by atoms with Crippen LogP contribution in [0.3, 0.4) is 0 Å². The zero-order valence-corrected chi connectivity index (χ0v) is 16.6. The van der Waals surface area contributed by atoms with Crippen molar-refractivity contribution in [3.05, 3.63) is 64.7 Å². The lowest BCUT2D eigenvalue weighted by molar-refractivity contribution is 0.0695. The number of halogens is 1. The van der Waals surface area contributed by atoms with Gasteiger partial charge in [0.1, 0.15) is 0 Å². The highest BCUT2D eigenvalue weighted by Gasteiger charge is 2.33. The summed E-state index contributed by atoms with van der Waals surface area (Å²) in [5.74, 6) is -0.867. The molecule has 1 fully saturated rings. The molecule has 0 saturated carbocycles. The average Bonchev–Trinajstić information content (AvgIpc) is 3.25. The fraction of sp³-hybridized carbons (Fsp3) is 0.435. The van der Waals surface area contributed by atoms with Crippen LogP contribution in [0.4, 0.5) is 5.69 Å². The lowest BCUT2D eigenvalue weighted by Gasteiger charge is -2.29. The van der Waals surface area contributed by atoms with Crippen LogP contribution in [0.15, 0.2) is 42.5 Å². The number of hydrogen-bond acceptors (Lipinski definition) is 3. The van der Waals surface area contributed by atoms with Gasteiger partial charge in [-0.15, -0.1) is 11.6 Å². The minimum absolute atomic E-state index is 0.105. The molecule has 0 aromatic heterocycles. The van der Waals surface area contributed by atoms with Crippen molar-refractivity contribution >= 4 is 23.3 Å². The van der Waals surface area contributed by atoms with Gasteiger partial charge in [-0.3, -0.25) is 0 Å². The van der Waals surface area contributed by atoms with Crippen LogP contribution in [0.2, 0.25) is 0 Å². The molecule has 1 saturated heterocycles. The van der Waals surface area contributed by atoms with Crippen molar-refractivity contribution in [2.75, 3.05) is 11.4 Å². The second-order valence-electron chi connectivity index (χ2n) is 7.86. The van der Waals surface area contributed by atoms with Crippen molar-refractivity contribution in [1.29, 1.82) is 0 Å². The van der Waals surface area contributed by atoms with E-state index in [2.05, 4.69) is 23.1 Å². The van der Waals surface area contributed by atoms with E-state index >= 15 is 0 Å². The Morgan fingerprint density at radius 3 is 2.82 bits per heavy atom. The van der Waals surface area contributed by atoms with E-state index in [-0.39, 0.29) is 17.5 Å². The average molecular weight is 400 g/mol. The number of fused-ring (bicyclic) bond motifs is 1. The summed E-state index contributed by atoms with van der Waals surface area (Å²) in [7, 11) is 0. The molecular weight excluding hydrogens is 374 g/mol. The maximum absolute atomic E-state index is 11.4. The molecule has 0 amide bonds. The van der Waals surface area contributed by atoms with E-state index in [1.54, 1.807) is 12.1 Å². The van der Waals surface area contributed by atoms with Crippen LogP contribution in [-0.2, 0) is 12.8 Å². The molecule has 0 bridgehead atoms. The Hall–Kier alpha value is -2.04. The normalized spacial score (nSPS) is 23.8. The minimum Gasteiger partial charge on any atom is -0.478 e. The van der Waals surface area contributed by atoms with Gasteiger partial charge in [0.15, 0.2) is 0 Å². The number of nitrogens with zero attached hydrogens (tertiary/aromatic N) is 1. The summed E-state index contributed by atoms with van der Waals surface area (Å²) in [4.78, 5) is 13.8. The number of aromatic carboxylic acids is 1. The number of carbonyl (C=O) groups is 1. The Balaban J connectivity index is 1.44. The third kappa shape index (κ3) is 3.76. The number of carboxylic acid groups (broad SMARTS) is 1. The molecule has 2 N–H and O–H groups in total. The number of carboxylic acids is 1. The maximum Gasteiger partial charge on any atom is 0.335 e. The quantitative estimate of drug-likeness (QED) is 0.698. The van der Waals surface area contributed by atoms with Crippen molar-refractivity contribution < 1.29 is 15.0 Å². The van der Waals surface area contributed by atoms with Crippen LogP contribution < -0.4 is 4.90 Å². The van der Waals surface area contributed by atoms with E-state index in [0.29, 0.717) is 5.56 Å². The molecule has 0 spiro atoms. The molecule has 3 atom stereocenters. The fourth-order valence-corrected chi connectivity index (χ4v) is 5.04. The van der Waals surface area contributed by atoms with E-state index in [4.69, 9.17) is 11.6 Å². The minimum atomic E-state index is -0.867. The molecule has 5 heteroatoms. The second kappa shape index (κ2) is 8.14. The highest BCUT2D eigenvalue weighted by Crippen LogP contribution is 2.37. The van der Waals surface area contributed by atoms with Crippen LogP contribution in [-0.4, -0.2) is 34.1 Å². The standard InChI is InChI=1S/C23H26ClNO3/c24-20-12-13-25(17-9-10-18-16(14-17)8-11-22(18)26)21(20)7-3-5-15-4-1-2-6-19(15)23(27)28/h1-2,4,6,9-10,14,20-22,26H,3,5,7-8,11-13H2,(H,27,28). The van der Waals surface area contributed by atoms with Gasteiger partial charge in [0, 0.05) is 18.3 Å². The highest BCUT2D eigenvalue weighted by atomic mass is 35.5. The van der Waals surface area contributed by atoms with Gasteiger partial charge in [-0.2, -0.15) is 0 Å². The van der Waals surface area contributed by atoms with Gasteiger partial charge in [-0.1, -0.05) is 24.3 Å². The summed E-state index contributed by atoms with van der Waals surface area (Å²) in [6, 6.07) is 13.9. The highest BCUT2D eigenvalue weighted by molar-refractivity contribution is 6.21. The Morgan fingerprint density at radius 1 is 1.18 bits per heavy atom. The molecule has 2 aromatic rings. The van der Waals surface area contributed by atoms with E-state index < -0.39 is 5.97 Å². The summed E-state index contributed by atoms with van der Waals surface area (Å²) < 4.78 is 0. The Morgan fingerprint density at radius 2 is 2.00 bits per heavy atom.